The summed E-state index contributed by atoms with van der Waals surface area (Å²) in [6.07, 6.45) is 0. The van der Waals surface area contributed by atoms with Gasteiger partial charge in [0, 0.05) is 33.1 Å². The van der Waals surface area contributed by atoms with Crippen molar-refractivity contribution in [1.29, 1.82) is 0 Å². The molecule has 65 heavy (non-hydrogen) atoms. The van der Waals surface area contributed by atoms with Gasteiger partial charge in [0.2, 0.25) is 0 Å². The number of hydrogen-bond acceptors (Lipinski definition) is 1. The fourth-order valence-electron chi connectivity index (χ4n) is 12.5. The van der Waals surface area contributed by atoms with Crippen LogP contribution in [0.25, 0.3) is 66.3 Å². The van der Waals surface area contributed by atoms with E-state index in [0.717, 1.165) is 11.4 Å². The van der Waals surface area contributed by atoms with Crippen molar-refractivity contribution in [3.8, 4) is 44.5 Å². The van der Waals surface area contributed by atoms with E-state index in [0.29, 0.717) is 5.02 Å². The molecule has 11 aromatic rings. The molecule has 0 aliphatic heterocycles. The van der Waals surface area contributed by atoms with Crippen molar-refractivity contribution in [3.05, 3.63) is 274 Å². The molecule has 4 aliphatic rings. The summed E-state index contributed by atoms with van der Waals surface area (Å²) in [4.78, 5) is 3.77. The minimum atomic E-state index is -0.322. The maximum atomic E-state index is 6.52. The van der Waals surface area contributed by atoms with Gasteiger partial charge in [-0.15, -0.1) is 0 Å². The van der Waals surface area contributed by atoms with E-state index in [2.05, 4.69) is 210 Å². The maximum Gasteiger partial charge on any atom is 0.0726 e. The van der Waals surface area contributed by atoms with Crippen molar-refractivity contribution < 1.29 is 0 Å². The Bertz CT molecular complexity index is 3710. The minimum absolute atomic E-state index is 0.273. The number of rotatable bonds is 2. The Labute approximate surface area is 382 Å². The van der Waals surface area contributed by atoms with Gasteiger partial charge in [-0.3, -0.25) is 0 Å². The van der Waals surface area contributed by atoms with Crippen LogP contribution in [0.4, 0.5) is 11.4 Å². The summed E-state index contributed by atoms with van der Waals surface area (Å²) in [5, 5.41) is 6.94. The van der Waals surface area contributed by atoms with E-state index in [1.165, 1.54) is 111 Å². The molecule has 2 spiro atoms. The molecular formula is C62H39ClN2. The van der Waals surface area contributed by atoms with Gasteiger partial charge in [0.25, 0.3) is 0 Å². The zero-order chi connectivity index (χ0) is 42.9. The first-order chi connectivity index (χ1) is 32.2. The molecule has 1 heterocycles. The number of halogens is 1. The van der Waals surface area contributed by atoms with Crippen molar-refractivity contribution in [2.45, 2.75) is 10.8 Å². The van der Waals surface area contributed by atoms with Crippen LogP contribution in [0.2, 0.25) is 5.02 Å². The van der Waals surface area contributed by atoms with Crippen LogP contribution in [0.3, 0.4) is 0 Å². The Balaban J connectivity index is 0.000000125. The van der Waals surface area contributed by atoms with Crippen LogP contribution in [0.1, 0.15) is 44.5 Å². The highest BCUT2D eigenvalue weighted by atomic mass is 35.5. The molecule has 15 rings (SSSR count). The lowest BCUT2D eigenvalue weighted by atomic mass is 9.70. The van der Waals surface area contributed by atoms with Gasteiger partial charge in [-0.05, 0) is 102 Å². The third-order valence-corrected chi connectivity index (χ3v) is 15.1. The zero-order valence-corrected chi connectivity index (χ0v) is 36.0. The largest absolute Gasteiger partial charge is 0.354 e. The fourth-order valence-corrected chi connectivity index (χ4v) is 12.6. The van der Waals surface area contributed by atoms with Gasteiger partial charge in [0.15, 0.2) is 0 Å². The third kappa shape index (κ3) is 4.69. The molecule has 0 unspecified atom stereocenters. The lowest BCUT2D eigenvalue weighted by molar-refractivity contribution is 0.794. The van der Waals surface area contributed by atoms with Crippen molar-refractivity contribution in [3.63, 3.8) is 0 Å². The van der Waals surface area contributed by atoms with E-state index < -0.39 is 0 Å². The molecule has 3 heteroatoms. The summed E-state index contributed by atoms with van der Waals surface area (Å²) < 4.78 is 0. The first kappa shape index (κ1) is 36.6. The van der Waals surface area contributed by atoms with Crippen molar-refractivity contribution in [2.75, 3.05) is 5.32 Å². The number of benzene rings is 10. The maximum absolute atomic E-state index is 6.52. The Morgan fingerprint density at radius 3 is 1.26 bits per heavy atom. The quantitative estimate of drug-likeness (QED) is 0.178. The second kappa shape index (κ2) is 13.5. The van der Waals surface area contributed by atoms with Gasteiger partial charge in [-0.25, -0.2) is 0 Å². The van der Waals surface area contributed by atoms with Gasteiger partial charge in [0.1, 0.15) is 0 Å². The Morgan fingerprint density at radius 2 is 0.708 bits per heavy atom. The van der Waals surface area contributed by atoms with Gasteiger partial charge in [0.05, 0.1) is 27.1 Å². The first-order valence-corrected chi connectivity index (χ1v) is 22.8. The molecule has 2 nitrogen and oxygen atoms in total. The highest BCUT2D eigenvalue weighted by Crippen LogP contribution is 2.65. The SMILES string of the molecule is Clc1ccccc1Nc1cccc2c1-c1ccccc1C21c2ccccc2-c2ccccc21.c1ccc2c(c1)-c1ccccc1C21c2ccccc2-c2c1ccc1c2[nH]c2ccccc21. The van der Waals surface area contributed by atoms with Crippen LogP contribution in [0.5, 0.6) is 0 Å². The van der Waals surface area contributed by atoms with Gasteiger partial charge in [-0.1, -0.05) is 212 Å². The molecule has 0 saturated heterocycles. The summed E-state index contributed by atoms with van der Waals surface area (Å²) in [6, 6.07) is 81.4. The molecule has 0 radical (unpaired) electrons. The molecule has 0 saturated carbocycles. The number of aromatic nitrogens is 1. The second-order valence-electron chi connectivity index (χ2n) is 17.7. The van der Waals surface area contributed by atoms with Crippen LogP contribution >= 0.6 is 11.6 Å². The van der Waals surface area contributed by atoms with E-state index >= 15 is 0 Å². The average molecular weight is 847 g/mol. The zero-order valence-electron chi connectivity index (χ0n) is 35.2. The minimum Gasteiger partial charge on any atom is -0.354 e. The third-order valence-electron chi connectivity index (χ3n) is 14.8. The number of para-hydroxylation sites is 2. The molecule has 0 atom stereocenters. The predicted molar refractivity (Wildman–Crippen MR) is 270 cm³/mol. The summed E-state index contributed by atoms with van der Waals surface area (Å²) in [6.45, 7) is 0. The van der Waals surface area contributed by atoms with Crippen LogP contribution in [0, 0.1) is 0 Å². The molecule has 0 amide bonds. The van der Waals surface area contributed by atoms with E-state index in [-0.39, 0.29) is 10.8 Å². The molecule has 304 valence electrons. The normalized spacial score (nSPS) is 14.2. The highest BCUT2D eigenvalue weighted by Gasteiger charge is 2.53. The Morgan fingerprint density at radius 1 is 0.308 bits per heavy atom. The number of H-pyrrole nitrogens is 1. The van der Waals surface area contributed by atoms with Crippen LogP contribution in [-0.4, -0.2) is 4.98 Å². The molecule has 0 bridgehead atoms. The second-order valence-corrected chi connectivity index (χ2v) is 18.1. The average Bonchev–Trinajstić information content (AvgIpc) is 4.14. The van der Waals surface area contributed by atoms with Gasteiger partial charge in [-0.2, -0.15) is 0 Å². The molecule has 2 N–H and O–H groups in total. The van der Waals surface area contributed by atoms with Crippen LogP contribution in [-0.2, 0) is 10.8 Å². The summed E-state index contributed by atoms with van der Waals surface area (Å²) in [5.41, 5.74) is 25.3. The van der Waals surface area contributed by atoms with E-state index in [4.69, 9.17) is 11.6 Å². The highest BCUT2D eigenvalue weighted by molar-refractivity contribution is 6.33. The van der Waals surface area contributed by atoms with E-state index in [1.54, 1.807) is 0 Å². The van der Waals surface area contributed by atoms with Gasteiger partial charge >= 0.3 is 0 Å². The Hall–Kier alpha value is -7.91. The smallest absolute Gasteiger partial charge is 0.0726 e. The van der Waals surface area contributed by atoms with Crippen molar-refractivity contribution in [2.24, 2.45) is 0 Å². The molecule has 1 aromatic heterocycles. The van der Waals surface area contributed by atoms with E-state index in [9.17, 15) is 0 Å². The summed E-state index contributed by atoms with van der Waals surface area (Å²) in [5.74, 6) is 0. The lowest BCUT2D eigenvalue weighted by Crippen LogP contribution is -2.25. The fraction of sp³-hybridized carbons (Fsp3) is 0.0323. The molecule has 4 aliphatic carbocycles. The number of nitrogens with one attached hydrogen (secondary N) is 2. The summed E-state index contributed by atoms with van der Waals surface area (Å²) in [7, 11) is 0. The molecule has 10 aromatic carbocycles. The summed E-state index contributed by atoms with van der Waals surface area (Å²) >= 11 is 6.52. The predicted octanol–water partition coefficient (Wildman–Crippen LogP) is 16.1. The van der Waals surface area contributed by atoms with Gasteiger partial charge < -0.3 is 10.3 Å². The van der Waals surface area contributed by atoms with Crippen LogP contribution < -0.4 is 5.32 Å². The lowest BCUT2D eigenvalue weighted by Gasteiger charge is -2.30. The number of hydrogen-bond donors (Lipinski definition) is 2. The Kier molecular flexibility index (Phi) is 7.62. The molecule has 0 fully saturated rings. The van der Waals surface area contributed by atoms with Crippen molar-refractivity contribution in [1.82, 2.24) is 4.98 Å². The first-order valence-electron chi connectivity index (χ1n) is 22.5. The number of fused-ring (bicyclic) bond motifs is 24. The standard InChI is InChI=1S/C31H20ClN.C31H19N/c32-27-17-7-8-18-28(27)33-29-19-9-16-26-30(29)22-12-3-6-15-25(22)31(26)23-13-4-1-10-20(23)21-11-2-5-14-24(21)31;1-5-13-24-19(9-1)20-10-2-6-14-25(20)31(24)26-15-7-3-12-23(26)29-27(31)18-17-22-21-11-4-8-16-28(21)32-30(22)29/h1-19,33H;1-18,32H. The topological polar surface area (TPSA) is 27.8 Å². The monoisotopic (exact) mass is 846 g/mol. The van der Waals surface area contributed by atoms with Crippen LogP contribution in [0.15, 0.2) is 224 Å². The van der Waals surface area contributed by atoms with Crippen molar-refractivity contribution >= 4 is 44.8 Å². The molecular weight excluding hydrogens is 808 g/mol. The number of anilines is 2. The number of aromatic amines is 1. The van der Waals surface area contributed by atoms with E-state index in [1.807, 2.05) is 24.3 Å².